The highest BCUT2D eigenvalue weighted by atomic mass is 16.6. The fourth-order valence-corrected chi connectivity index (χ4v) is 1.69. The van der Waals surface area contributed by atoms with E-state index in [4.69, 9.17) is 0 Å². The molecule has 0 unspecified atom stereocenters. The van der Waals surface area contributed by atoms with Crippen LogP contribution in [0.4, 0.5) is 5.69 Å². The fourth-order valence-electron chi connectivity index (χ4n) is 1.69. The molecule has 0 radical (unpaired) electrons. The van der Waals surface area contributed by atoms with E-state index in [9.17, 15) is 14.9 Å². The molecule has 1 aromatic heterocycles. The number of benzene rings is 1. The average molecular weight is 245 g/mol. The molecule has 0 atom stereocenters. The summed E-state index contributed by atoms with van der Waals surface area (Å²) in [5.41, 5.74) is 0.524. The summed E-state index contributed by atoms with van der Waals surface area (Å²) in [6.07, 6.45) is 3.27. The third kappa shape index (κ3) is 2.60. The molecule has 0 saturated carbocycles. The zero-order valence-electron chi connectivity index (χ0n) is 9.52. The second kappa shape index (κ2) is 5.22. The number of nitro groups is 1. The van der Waals surface area contributed by atoms with Gasteiger partial charge >= 0.3 is 0 Å². The van der Waals surface area contributed by atoms with Crippen molar-refractivity contribution >= 4 is 5.69 Å². The van der Waals surface area contributed by atoms with Crippen LogP contribution < -0.4 is 5.56 Å². The van der Waals surface area contributed by atoms with Gasteiger partial charge in [-0.1, -0.05) is 18.2 Å². The van der Waals surface area contributed by atoms with Crippen LogP contribution in [0.1, 0.15) is 5.56 Å². The van der Waals surface area contributed by atoms with Crippen molar-refractivity contribution in [2.24, 2.45) is 0 Å². The van der Waals surface area contributed by atoms with E-state index >= 15 is 0 Å². The van der Waals surface area contributed by atoms with Crippen molar-refractivity contribution in [3.8, 4) is 0 Å². The van der Waals surface area contributed by atoms with Crippen LogP contribution in [-0.2, 0) is 13.0 Å². The molecular formula is C12H11N3O3. The number of nitrogens with zero attached hydrogens (tertiary/aromatic N) is 3. The molecule has 0 amide bonds. The monoisotopic (exact) mass is 245 g/mol. The first-order valence-electron chi connectivity index (χ1n) is 5.41. The SMILES string of the molecule is O=c1ccncn1CCc1ccccc1[N+](=O)[O-]. The zero-order valence-corrected chi connectivity index (χ0v) is 9.52. The highest BCUT2D eigenvalue weighted by Crippen LogP contribution is 2.18. The van der Waals surface area contributed by atoms with Gasteiger partial charge in [0.2, 0.25) is 0 Å². The summed E-state index contributed by atoms with van der Waals surface area (Å²) < 4.78 is 1.43. The Balaban J connectivity index is 2.19. The van der Waals surface area contributed by atoms with Crippen LogP contribution in [-0.4, -0.2) is 14.5 Å². The number of para-hydroxylation sites is 1. The van der Waals surface area contributed by atoms with Gasteiger partial charge in [-0.25, -0.2) is 4.98 Å². The van der Waals surface area contributed by atoms with Gasteiger partial charge in [0, 0.05) is 30.4 Å². The van der Waals surface area contributed by atoms with Gasteiger partial charge in [-0.05, 0) is 6.42 Å². The van der Waals surface area contributed by atoms with Gasteiger partial charge in [0.15, 0.2) is 0 Å². The molecule has 0 aliphatic rings. The van der Waals surface area contributed by atoms with E-state index in [1.165, 1.54) is 29.2 Å². The molecule has 0 aliphatic heterocycles. The fraction of sp³-hybridized carbons (Fsp3) is 0.167. The van der Waals surface area contributed by atoms with Gasteiger partial charge in [0.25, 0.3) is 11.2 Å². The summed E-state index contributed by atoms with van der Waals surface area (Å²) in [5.74, 6) is 0. The molecule has 92 valence electrons. The molecule has 0 aliphatic carbocycles. The molecule has 0 N–H and O–H groups in total. The predicted molar refractivity (Wildman–Crippen MR) is 65.3 cm³/mol. The normalized spacial score (nSPS) is 10.2. The molecule has 2 rings (SSSR count). The standard InChI is InChI=1S/C12H11N3O3/c16-12-5-7-13-9-14(12)8-6-10-3-1-2-4-11(10)15(17)18/h1-5,7,9H,6,8H2. The van der Waals surface area contributed by atoms with E-state index in [-0.39, 0.29) is 11.2 Å². The Bertz CT molecular complexity index is 622. The van der Waals surface area contributed by atoms with E-state index in [0.717, 1.165) is 0 Å². The second-order valence-corrected chi connectivity index (χ2v) is 3.75. The molecular weight excluding hydrogens is 234 g/mol. The van der Waals surface area contributed by atoms with Crippen molar-refractivity contribution in [3.63, 3.8) is 0 Å². The quantitative estimate of drug-likeness (QED) is 0.602. The van der Waals surface area contributed by atoms with Crippen molar-refractivity contribution in [2.45, 2.75) is 13.0 Å². The molecule has 1 aromatic carbocycles. The van der Waals surface area contributed by atoms with Crippen molar-refractivity contribution in [1.82, 2.24) is 9.55 Å². The number of aromatic nitrogens is 2. The molecule has 0 saturated heterocycles. The summed E-state index contributed by atoms with van der Waals surface area (Å²) in [6, 6.07) is 7.88. The maximum atomic E-state index is 11.4. The Morgan fingerprint density at radius 1 is 1.28 bits per heavy atom. The Hall–Kier alpha value is -2.50. The first-order chi connectivity index (χ1) is 8.68. The van der Waals surface area contributed by atoms with Gasteiger partial charge in [-0.3, -0.25) is 19.5 Å². The molecule has 2 aromatic rings. The van der Waals surface area contributed by atoms with E-state index in [1.807, 2.05) is 0 Å². The summed E-state index contributed by atoms with van der Waals surface area (Å²) in [4.78, 5) is 25.7. The molecule has 6 heteroatoms. The largest absolute Gasteiger partial charge is 0.299 e. The average Bonchev–Trinajstić information content (AvgIpc) is 2.38. The second-order valence-electron chi connectivity index (χ2n) is 3.75. The van der Waals surface area contributed by atoms with Crippen molar-refractivity contribution < 1.29 is 4.92 Å². The zero-order chi connectivity index (χ0) is 13.0. The van der Waals surface area contributed by atoms with Gasteiger partial charge in [-0.15, -0.1) is 0 Å². The van der Waals surface area contributed by atoms with E-state index in [2.05, 4.69) is 4.98 Å². The molecule has 0 fully saturated rings. The van der Waals surface area contributed by atoms with Crippen molar-refractivity contribution in [2.75, 3.05) is 0 Å². The van der Waals surface area contributed by atoms with Crippen LogP contribution in [0.5, 0.6) is 0 Å². The number of aryl methyl sites for hydroxylation is 2. The minimum absolute atomic E-state index is 0.0782. The minimum atomic E-state index is -0.415. The lowest BCUT2D eigenvalue weighted by Gasteiger charge is -2.05. The highest BCUT2D eigenvalue weighted by molar-refractivity contribution is 5.39. The van der Waals surface area contributed by atoms with Crippen LogP contribution in [0.25, 0.3) is 0 Å². The van der Waals surface area contributed by atoms with Crippen LogP contribution in [0.15, 0.2) is 47.7 Å². The number of hydrogen-bond donors (Lipinski definition) is 0. The first kappa shape index (κ1) is 12.0. The lowest BCUT2D eigenvalue weighted by molar-refractivity contribution is -0.385. The van der Waals surface area contributed by atoms with Crippen LogP contribution in [0, 0.1) is 10.1 Å². The van der Waals surface area contributed by atoms with Gasteiger partial charge in [0.1, 0.15) is 0 Å². The first-order valence-corrected chi connectivity index (χ1v) is 5.41. The third-order valence-electron chi connectivity index (χ3n) is 2.60. The van der Waals surface area contributed by atoms with Gasteiger partial charge < -0.3 is 0 Å². The van der Waals surface area contributed by atoms with E-state index in [1.54, 1.807) is 18.2 Å². The van der Waals surface area contributed by atoms with E-state index < -0.39 is 4.92 Å². The lowest BCUT2D eigenvalue weighted by atomic mass is 10.1. The summed E-state index contributed by atoms with van der Waals surface area (Å²) in [6.45, 7) is 0.373. The van der Waals surface area contributed by atoms with E-state index in [0.29, 0.717) is 18.5 Å². The van der Waals surface area contributed by atoms with Crippen molar-refractivity contribution in [1.29, 1.82) is 0 Å². The summed E-state index contributed by atoms with van der Waals surface area (Å²) in [5, 5.41) is 10.8. The summed E-state index contributed by atoms with van der Waals surface area (Å²) >= 11 is 0. The van der Waals surface area contributed by atoms with Crippen molar-refractivity contribution in [3.05, 3.63) is 68.9 Å². The third-order valence-corrected chi connectivity index (χ3v) is 2.60. The van der Waals surface area contributed by atoms with Crippen LogP contribution in [0.3, 0.4) is 0 Å². The molecule has 1 heterocycles. The predicted octanol–water partition coefficient (Wildman–Crippen LogP) is 1.39. The van der Waals surface area contributed by atoms with Gasteiger partial charge in [-0.2, -0.15) is 0 Å². The Morgan fingerprint density at radius 2 is 2.06 bits per heavy atom. The molecule has 0 bridgehead atoms. The maximum absolute atomic E-state index is 11.4. The maximum Gasteiger partial charge on any atom is 0.272 e. The topological polar surface area (TPSA) is 78.0 Å². The Labute approximate surface area is 103 Å². The number of nitro benzene ring substituents is 1. The number of hydrogen-bond acceptors (Lipinski definition) is 4. The summed E-state index contributed by atoms with van der Waals surface area (Å²) in [7, 11) is 0. The lowest BCUT2D eigenvalue weighted by Crippen LogP contribution is -2.19. The molecule has 18 heavy (non-hydrogen) atoms. The minimum Gasteiger partial charge on any atom is -0.299 e. The molecule has 6 nitrogen and oxygen atoms in total. The highest BCUT2D eigenvalue weighted by Gasteiger charge is 2.11. The Morgan fingerprint density at radius 3 is 2.78 bits per heavy atom. The van der Waals surface area contributed by atoms with Crippen LogP contribution >= 0.6 is 0 Å². The molecule has 0 spiro atoms. The number of rotatable bonds is 4. The van der Waals surface area contributed by atoms with Gasteiger partial charge in [0.05, 0.1) is 11.3 Å². The van der Waals surface area contributed by atoms with Crippen LogP contribution in [0.2, 0.25) is 0 Å². The smallest absolute Gasteiger partial charge is 0.272 e. The Kier molecular flexibility index (Phi) is 3.47.